The summed E-state index contributed by atoms with van der Waals surface area (Å²) in [5.41, 5.74) is 2.85. The molecule has 18 heavy (non-hydrogen) atoms. The predicted octanol–water partition coefficient (Wildman–Crippen LogP) is 1.30. The molecule has 0 unspecified atom stereocenters. The molecule has 1 rings (SSSR count). The molecule has 0 radical (unpaired) electrons. The molecule has 0 spiro atoms. The van der Waals surface area contributed by atoms with Gasteiger partial charge in [-0.2, -0.15) is 0 Å². The van der Waals surface area contributed by atoms with E-state index in [2.05, 4.69) is 10.6 Å². The molecule has 5 nitrogen and oxygen atoms in total. The van der Waals surface area contributed by atoms with Gasteiger partial charge in [0.2, 0.25) is 5.91 Å². The molecule has 1 aromatic carbocycles. The highest BCUT2D eigenvalue weighted by atomic mass is 16.4. The largest absolute Gasteiger partial charge is 0.480 e. The smallest absolute Gasteiger partial charge is 0.320 e. The van der Waals surface area contributed by atoms with Crippen LogP contribution in [0, 0.1) is 13.8 Å². The van der Waals surface area contributed by atoms with Crippen molar-refractivity contribution in [1.82, 2.24) is 5.32 Å². The van der Waals surface area contributed by atoms with Gasteiger partial charge in [0.1, 0.15) is 6.04 Å². The molecule has 5 heteroatoms. The highest BCUT2D eigenvalue weighted by Crippen LogP contribution is 2.15. The van der Waals surface area contributed by atoms with E-state index in [-0.39, 0.29) is 12.5 Å². The lowest BCUT2D eigenvalue weighted by atomic mass is 10.1. The highest BCUT2D eigenvalue weighted by molar-refractivity contribution is 5.93. The molecule has 0 aliphatic heterocycles. The Labute approximate surface area is 106 Å². The van der Waals surface area contributed by atoms with E-state index in [0.29, 0.717) is 0 Å². The fraction of sp³-hybridized carbons (Fsp3) is 0.385. The molecule has 0 bridgehead atoms. The van der Waals surface area contributed by atoms with Gasteiger partial charge in [-0.3, -0.25) is 14.9 Å². The Morgan fingerprint density at radius 2 is 2.00 bits per heavy atom. The van der Waals surface area contributed by atoms with Crippen LogP contribution in [0.5, 0.6) is 0 Å². The summed E-state index contributed by atoms with van der Waals surface area (Å²) in [7, 11) is 0. The fourth-order valence-electron chi connectivity index (χ4n) is 1.48. The first-order valence-corrected chi connectivity index (χ1v) is 5.73. The summed E-state index contributed by atoms with van der Waals surface area (Å²) >= 11 is 0. The number of carbonyl (C=O) groups is 2. The van der Waals surface area contributed by atoms with E-state index in [9.17, 15) is 9.59 Å². The van der Waals surface area contributed by atoms with E-state index in [0.717, 1.165) is 16.8 Å². The van der Waals surface area contributed by atoms with E-state index in [1.165, 1.54) is 6.92 Å². The number of nitrogens with one attached hydrogen (secondary N) is 2. The Morgan fingerprint density at radius 1 is 1.33 bits per heavy atom. The molecule has 1 aromatic rings. The molecule has 98 valence electrons. The van der Waals surface area contributed by atoms with Crippen LogP contribution in [0.3, 0.4) is 0 Å². The number of rotatable bonds is 5. The van der Waals surface area contributed by atoms with Crippen molar-refractivity contribution in [3.63, 3.8) is 0 Å². The third-order valence-corrected chi connectivity index (χ3v) is 2.60. The molecule has 0 aromatic heterocycles. The van der Waals surface area contributed by atoms with E-state index < -0.39 is 12.0 Å². The standard InChI is InChI=1S/C13H18N2O3/c1-8-4-5-11(9(2)6-8)15-12(16)7-14-10(3)13(17)18/h4-6,10,14H,7H2,1-3H3,(H,15,16)(H,17,18)/t10-/m0/s1. The highest BCUT2D eigenvalue weighted by Gasteiger charge is 2.12. The zero-order chi connectivity index (χ0) is 13.7. The average molecular weight is 250 g/mol. The van der Waals surface area contributed by atoms with Gasteiger partial charge >= 0.3 is 5.97 Å². The molecule has 0 saturated heterocycles. The number of hydrogen-bond acceptors (Lipinski definition) is 3. The lowest BCUT2D eigenvalue weighted by Crippen LogP contribution is -2.39. The summed E-state index contributed by atoms with van der Waals surface area (Å²) in [4.78, 5) is 22.2. The normalized spacial score (nSPS) is 11.9. The molecule has 1 atom stereocenters. The zero-order valence-corrected chi connectivity index (χ0v) is 10.8. The molecule has 1 amide bonds. The molecule has 0 aliphatic rings. The number of anilines is 1. The van der Waals surface area contributed by atoms with E-state index in [4.69, 9.17) is 5.11 Å². The van der Waals surface area contributed by atoms with Crippen LogP contribution in [-0.2, 0) is 9.59 Å². The van der Waals surface area contributed by atoms with E-state index >= 15 is 0 Å². The molecule has 3 N–H and O–H groups in total. The molecular formula is C13H18N2O3. The summed E-state index contributed by atoms with van der Waals surface area (Å²) in [6.45, 7) is 5.36. The zero-order valence-electron chi connectivity index (χ0n) is 10.8. The summed E-state index contributed by atoms with van der Waals surface area (Å²) in [6.07, 6.45) is 0. The maximum absolute atomic E-state index is 11.6. The second-order valence-corrected chi connectivity index (χ2v) is 4.31. The van der Waals surface area contributed by atoms with Crippen molar-refractivity contribution in [2.45, 2.75) is 26.8 Å². The predicted molar refractivity (Wildman–Crippen MR) is 69.6 cm³/mol. The quantitative estimate of drug-likeness (QED) is 0.736. The van der Waals surface area contributed by atoms with Crippen LogP contribution in [-0.4, -0.2) is 29.6 Å². The van der Waals surface area contributed by atoms with Gasteiger partial charge in [-0.25, -0.2) is 0 Å². The van der Waals surface area contributed by atoms with Gasteiger partial charge in [-0.1, -0.05) is 17.7 Å². The lowest BCUT2D eigenvalue weighted by Gasteiger charge is -2.11. The van der Waals surface area contributed by atoms with Crippen molar-refractivity contribution in [2.24, 2.45) is 0 Å². The third kappa shape index (κ3) is 4.18. The third-order valence-electron chi connectivity index (χ3n) is 2.60. The van der Waals surface area contributed by atoms with Gasteiger partial charge in [0.25, 0.3) is 0 Å². The second kappa shape index (κ2) is 6.16. The molecule has 0 fully saturated rings. The monoisotopic (exact) mass is 250 g/mol. The van der Waals surface area contributed by atoms with Crippen LogP contribution in [0.25, 0.3) is 0 Å². The van der Waals surface area contributed by atoms with Crippen molar-refractivity contribution in [3.8, 4) is 0 Å². The van der Waals surface area contributed by atoms with Crippen LogP contribution in [0.1, 0.15) is 18.1 Å². The van der Waals surface area contributed by atoms with E-state index in [1.54, 1.807) is 0 Å². The van der Waals surface area contributed by atoms with Gasteiger partial charge in [-0.05, 0) is 32.4 Å². The van der Waals surface area contributed by atoms with Crippen molar-refractivity contribution < 1.29 is 14.7 Å². The number of benzene rings is 1. The summed E-state index contributed by atoms with van der Waals surface area (Å²) in [5.74, 6) is -1.23. The Balaban J connectivity index is 2.52. The number of carboxylic acid groups (broad SMARTS) is 1. The average Bonchev–Trinajstić information content (AvgIpc) is 2.29. The van der Waals surface area contributed by atoms with Crippen molar-refractivity contribution in [1.29, 1.82) is 0 Å². The van der Waals surface area contributed by atoms with Crippen molar-refractivity contribution >= 4 is 17.6 Å². The first kappa shape index (κ1) is 14.2. The molecule has 0 aliphatic carbocycles. The number of hydrogen-bond donors (Lipinski definition) is 3. The van der Waals surface area contributed by atoms with Gasteiger partial charge in [0, 0.05) is 5.69 Å². The van der Waals surface area contributed by atoms with Gasteiger partial charge in [-0.15, -0.1) is 0 Å². The summed E-state index contributed by atoms with van der Waals surface area (Å²) < 4.78 is 0. The fourth-order valence-corrected chi connectivity index (χ4v) is 1.48. The van der Waals surface area contributed by atoms with Crippen molar-refractivity contribution in [3.05, 3.63) is 29.3 Å². The Morgan fingerprint density at radius 3 is 2.56 bits per heavy atom. The number of aliphatic carboxylic acids is 1. The minimum absolute atomic E-state index is 0.0270. The number of amides is 1. The molecule has 0 saturated carbocycles. The minimum atomic E-state index is -0.977. The number of carbonyl (C=O) groups excluding carboxylic acids is 1. The van der Waals surface area contributed by atoms with Crippen molar-refractivity contribution in [2.75, 3.05) is 11.9 Å². The number of aryl methyl sites for hydroxylation is 2. The molecule has 0 heterocycles. The second-order valence-electron chi connectivity index (χ2n) is 4.31. The van der Waals surface area contributed by atoms with Crippen LogP contribution < -0.4 is 10.6 Å². The van der Waals surface area contributed by atoms with Crippen LogP contribution in [0.2, 0.25) is 0 Å². The van der Waals surface area contributed by atoms with Gasteiger partial charge in [0.15, 0.2) is 0 Å². The SMILES string of the molecule is Cc1ccc(NC(=O)CN[C@@H](C)C(=O)O)c(C)c1. The topological polar surface area (TPSA) is 78.4 Å². The maximum atomic E-state index is 11.6. The Hall–Kier alpha value is -1.88. The van der Waals surface area contributed by atoms with Gasteiger partial charge < -0.3 is 10.4 Å². The maximum Gasteiger partial charge on any atom is 0.320 e. The Bertz CT molecular complexity index is 458. The lowest BCUT2D eigenvalue weighted by molar-refractivity contribution is -0.139. The first-order valence-electron chi connectivity index (χ1n) is 5.73. The minimum Gasteiger partial charge on any atom is -0.480 e. The Kier molecular flexibility index (Phi) is 4.85. The van der Waals surface area contributed by atoms with E-state index in [1.807, 2.05) is 32.0 Å². The van der Waals surface area contributed by atoms with Gasteiger partial charge in [0.05, 0.1) is 6.54 Å². The van der Waals surface area contributed by atoms with Crippen LogP contribution in [0.15, 0.2) is 18.2 Å². The number of carboxylic acids is 1. The molecular weight excluding hydrogens is 232 g/mol. The van der Waals surface area contributed by atoms with Crippen LogP contribution in [0.4, 0.5) is 5.69 Å². The first-order chi connectivity index (χ1) is 8.40. The summed E-state index contributed by atoms with van der Waals surface area (Å²) in [6, 6.07) is 4.98. The van der Waals surface area contributed by atoms with Crippen LogP contribution >= 0.6 is 0 Å². The summed E-state index contributed by atoms with van der Waals surface area (Å²) in [5, 5.41) is 14.0.